The van der Waals surface area contributed by atoms with Crippen LogP contribution in [0.5, 0.6) is 11.5 Å². The van der Waals surface area contributed by atoms with Gasteiger partial charge in [0.25, 0.3) is 0 Å². The number of benzene rings is 1. The predicted molar refractivity (Wildman–Crippen MR) is 87.8 cm³/mol. The van der Waals surface area contributed by atoms with Crippen molar-refractivity contribution in [3.8, 4) is 11.5 Å². The van der Waals surface area contributed by atoms with Gasteiger partial charge in [-0.05, 0) is 31.2 Å². The van der Waals surface area contributed by atoms with Crippen LogP contribution in [-0.2, 0) is 4.74 Å². The number of esters is 1. The van der Waals surface area contributed by atoms with Gasteiger partial charge >= 0.3 is 5.97 Å². The van der Waals surface area contributed by atoms with Gasteiger partial charge in [-0.3, -0.25) is 4.40 Å². The van der Waals surface area contributed by atoms with Gasteiger partial charge in [-0.1, -0.05) is 0 Å². The molecule has 1 aliphatic rings. The highest BCUT2D eigenvalue weighted by atomic mass is 19.1. The van der Waals surface area contributed by atoms with Gasteiger partial charge in [0.1, 0.15) is 11.5 Å². The number of azo groups is 1. The first-order chi connectivity index (χ1) is 12.7. The summed E-state index contributed by atoms with van der Waals surface area (Å²) in [5.74, 6) is 0.0981. The molecule has 0 aliphatic carbocycles. The second-order valence-electron chi connectivity index (χ2n) is 5.32. The summed E-state index contributed by atoms with van der Waals surface area (Å²) in [7, 11) is 0. The molecule has 3 aromatic rings. The maximum absolute atomic E-state index is 13.6. The number of carbonyl (C=O) groups excluding carboxylic acids is 1. The van der Waals surface area contributed by atoms with Crippen molar-refractivity contribution >= 4 is 23.1 Å². The summed E-state index contributed by atoms with van der Waals surface area (Å²) >= 11 is 0. The van der Waals surface area contributed by atoms with Gasteiger partial charge in [0.2, 0.25) is 6.79 Å². The lowest BCUT2D eigenvalue weighted by atomic mass is 10.3. The molecule has 0 fully saturated rings. The Labute approximate surface area is 146 Å². The minimum absolute atomic E-state index is 0.0399. The molecule has 8 nitrogen and oxygen atoms in total. The monoisotopic (exact) mass is 356 g/mol. The van der Waals surface area contributed by atoms with Crippen molar-refractivity contribution in [1.29, 1.82) is 0 Å². The quantitative estimate of drug-likeness (QED) is 0.524. The number of aromatic nitrogens is 2. The Morgan fingerprint density at radius 1 is 1.27 bits per heavy atom. The van der Waals surface area contributed by atoms with Crippen LogP contribution in [0.1, 0.15) is 17.4 Å². The van der Waals surface area contributed by atoms with Crippen molar-refractivity contribution in [1.82, 2.24) is 9.38 Å². The molecular weight excluding hydrogens is 343 g/mol. The molecular formula is C17H13FN4O4. The molecule has 0 spiro atoms. The fourth-order valence-corrected chi connectivity index (χ4v) is 2.49. The molecule has 9 heteroatoms. The number of hydrogen-bond donors (Lipinski definition) is 0. The molecule has 1 aromatic carbocycles. The lowest BCUT2D eigenvalue weighted by Gasteiger charge is -2.00. The third-order valence-corrected chi connectivity index (χ3v) is 3.64. The Morgan fingerprint density at radius 3 is 2.96 bits per heavy atom. The summed E-state index contributed by atoms with van der Waals surface area (Å²) in [5.41, 5.74) is 0.798. The van der Waals surface area contributed by atoms with Crippen LogP contribution in [0.15, 0.2) is 46.8 Å². The van der Waals surface area contributed by atoms with Crippen molar-refractivity contribution in [2.75, 3.05) is 13.4 Å². The van der Waals surface area contributed by atoms with E-state index in [0.29, 0.717) is 22.8 Å². The molecule has 2 aromatic heterocycles. The first-order valence-corrected chi connectivity index (χ1v) is 7.82. The summed E-state index contributed by atoms with van der Waals surface area (Å²) in [6.07, 6.45) is 1.18. The van der Waals surface area contributed by atoms with Crippen LogP contribution in [0.4, 0.5) is 15.9 Å². The SMILES string of the molecule is CCOC(=O)c1nc2ccc(F)cn2c1N=Nc1ccc2c(c1)OCO2. The molecule has 0 bridgehead atoms. The van der Waals surface area contributed by atoms with Crippen LogP contribution >= 0.6 is 0 Å². The van der Waals surface area contributed by atoms with Crippen LogP contribution < -0.4 is 9.47 Å². The highest BCUT2D eigenvalue weighted by Gasteiger charge is 2.21. The van der Waals surface area contributed by atoms with Gasteiger partial charge < -0.3 is 14.2 Å². The third-order valence-electron chi connectivity index (χ3n) is 3.64. The number of fused-ring (bicyclic) bond motifs is 2. The van der Waals surface area contributed by atoms with Crippen molar-refractivity contribution in [3.63, 3.8) is 0 Å². The van der Waals surface area contributed by atoms with Gasteiger partial charge in [0.05, 0.1) is 12.3 Å². The number of halogens is 1. The Hall–Kier alpha value is -3.49. The molecule has 26 heavy (non-hydrogen) atoms. The fraction of sp³-hybridized carbons (Fsp3) is 0.176. The number of hydrogen-bond acceptors (Lipinski definition) is 7. The number of rotatable bonds is 4. The minimum atomic E-state index is -0.656. The average molecular weight is 356 g/mol. The van der Waals surface area contributed by atoms with Crippen molar-refractivity contribution < 1.29 is 23.4 Å². The van der Waals surface area contributed by atoms with Crippen molar-refractivity contribution in [2.24, 2.45) is 10.2 Å². The first-order valence-electron chi connectivity index (χ1n) is 7.82. The summed E-state index contributed by atoms with van der Waals surface area (Å²) in [6, 6.07) is 7.73. The van der Waals surface area contributed by atoms with Gasteiger partial charge in [0, 0.05) is 12.3 Å². The third kappa shape index (κ3) is 2.83. The average Bonchev–Trinajstić information content (AvgIpc) is 3.23. The number of imidazole rings is 1. The molecule has 4 rings (SSSR count). The lowest BCUT2D eigenvalue weighted by Crippen LogP contribution is -2.05. The van der Waals surface area contributed by atoms with Gasteiger partial charge in [-0.15, -0.1) is 10.2 Å². The highest BCUT2D eigenvalue weighted by Crippen LogP contribution is 2.36. The van der Waals surface area contributed by atoms with E-state index in [4.69, 9.17) is 14.2 Å². The summed E-state index contributed by atoms with van der Waals surface area (Å²) in [5, 5.41) is 8.20. The van der Waals surface area contributed by atoms with Crippen LogP contribution in [-0.4, -0.2) is 28.8 Å². The standard InChI is InChI=1S/C17H13FN4O4/c1-2-24-17(23)15-16(22-8-10(18)3-6-14(22)19-15)21-20-11-4-5-12-13(7-11)26-9-25-12/h3-8H,2,9H2,1H3. The van der Waals surface area contributed by atoms with E-state index >= 15 is 0 Å². The van der Waals surface area contributed by atoms with E-state index in [9.17, 15) is 9.18 Å². The van der Waals surface area contributed by atoms with E-state index in [1.54, 1.807) is 25.1 Å². The van der Waals surface area contributed by atoms with Crippen LogP contribution in [0, 0.1) is 5.82 Å². The summed E-state index contributed by atoms with van der Waals surface area (Å²) in [4.78, 5) is 16.3. The van der Waals surface area contributed by atoms with E-state index in [1.807, 2.05) is 0 Å². The molecule has 1 aliphatic heterocycles. The van der Waals surface area contributed by atoms with E-state index in [0.717, 1.165) is 0 Å². The van der Waals surface area contributed by atoms with Gasteiger partial charge in [0.15, 0.2) is 23.0 Å². The first kappa shape index (κ1) is 16.0. The van der Waals surface area contributed by atoms with Crippen molar-refractivity contribution in [3.05, 3.63) is 48.0 Å². The second kappa shape index (κ2) is 6.43. The van der Waals surface area contributed by atoms with Crippen LogP contribution in [0.3, 0.4) is 0 Å². The molecule has 132 valence electrons. The molecule has 0 atom stereocenters. The Morgan fingerprint density at radius 2 is 2.12 bits per heavy atom. The molecule has 0 saturated heterocycles. The number of nitrogens with zero attached hydrogens (tertiary/aromatic N) is 4. The lowest BCUT2D eigenvalue weighted by molar-refractivity contribution is 0.0521. The fourth-order valence-electron chi connectivity index (χ4n) is 2.49. The Balaban J connectivity index is 1.77. The molecule has 0 amide bonds. The maximum Gasteiger partial charge on any atom is 0.360 e. The van der Waals surface area contributed by atoms with Crippen LogP contribution in [0.25, 0.3) is 5.65 Å². The molecule has 0 unspecified atom stereocenters. The second-order valence-corrected chi connectivity index (χ2v) is 5.32. The van der Waals surface area contributed by atoms with Gasteiger partial charge in [-0.2, -0.15) is 0 Å². The predicted octanol–water partition coefficient (Wildman–Crippen LogP) is 3.79. The van der Waals surface area contributed by atoms with E-state index < -0.39 is 11.8 Å². The molecule has 0 saturated carbocycles. The number of pyridine rings is 1. The van der Waals surface area contributed by atoms with Gasteiger partial charge in [-0.25, -0.2) is 14.2 Å². The zero-order valence-electron chi connectivity index (χ0n) is 13.7. The maximum atomic E-state index is 13.6. The Bertz CT molecular complexity index is 1030. The highest BCUT2D eigenvalue weighted by molar-refractivity contribution is 5.93. The zero-order chi connectivity index (χ0) is 18.1. The normalized spacial score (nSPS) is 12.8. The largest absolute Gasteiger partial charge is 0.461 e. The van der Waals surface area contributed by atoms with E-state index in [1.165, 1.54) is 22.7 Å². The topological polar surface area (TPSA) is 86.8 Å². The molecule has 0 radical (unpaired) electrons. The molecule has 0 N–H and O–H groups in total. The van der Waals surface area contributed by atoms with Crippen LogP contribution in [0.2, 0.25) is 0 Å². The molecule has 3 heterocycles. The van der Waals surface area contributed by atoms with Crippen molar-refractivity contribution in [2.45, 2.75) is 6.92 Å². The van der Waals surface area contributed by atoms with E-state index in [-0.39, 0.29) is 24.9 Å². The number of carbonyl (C=O) groups is 1. The zero-order valence-corrected chi connectivity index (χ0v) is 13.7. The smallest absolute Gasteiger partial charge is 0.360 e. The minimum Gasteiger partial charge on any atom is -0.461 e. The summed E-state index contributed by atoms with van der Waals surface area (Å²) in [6.45, 7) is 2.01. The number of ether oxygens (including phenoxy) is 3. The Kier molecular flexibility index (Phi) is 3.96. The summed E-state index contributed by atoms with van der Waals surface area (Å²) < 4.78 is 30.5. The van der Waals surface area contributed by atoms with E-state index in [2.05, 4.69) is 15.2 Å².